The molecule has 4 rings (SSSR count). The highest BCUT2D eigenvalue weighted by Gasteiger charge is 2.24. The Kier molecular flexibility index (Phi) is 4.31. The zero-order valence-corrected chi connectivity index (χ0v) is 14.5. The number of hydrogen-bond donors (Lipinski definition) is 1. The average molecular weight is 333 g/mol. The molecule has 1 saturated carbocycles. The summed E-state index contributed by atoms with van der Waals surface area (Å²) in [6.07, 6.45) is 7.27. The molecule has 1 aliphatic carbocycles. The number of ether oxygens (including phenoxy) is 1. The van der Waals surface area contributed by atoms with Gasteiger partial charge >= 0.3 is 0 Å². The Labute approximate surface area is 148 Å². The molecule has 3 heteroatoms. The van der Waals surface area contributed by atoms with Gasteiger partial charge in [0, 0.05) is 22.0 Å². The number of aromatic nitrogens is 1. The summed E-state index contributed by atoms with van der Waals surface area (Å²) in [6, 6.07) is 14.2. The predicted molar refractivity (Wildman–Crippen MR) is 102 cm³/mol. The minimum atomic E-state index is 0.557. The molecular formula is C22H23NO2. The molecule has 0 unspecified atom stereocenters. The van der Waals surface area contributed by atoms with E-state index in [-0.39, 0.29) is 0 Å². The quantitative estimate of drug-likeness (QED) is 0.622. The summed E-state index contributed by atoms with van der Waals surface area (Å²) in [5, 5.41) is 1.29. The van der Waals surface area contributed by atoms with E-state index < -0.39 is 0 Å². The zero-order valence-electron chi connectivity index (χ0n) is 14.5. The molecule has 25 heavy (non-hydrogen) atoms. The number of para-hydroxylation sites is 1. The summed E-state index contributed by atoms with van der Waals surface area (Å²) in [5.74, 6) is 1.27. The molecule has 0 radical (unpaired) electrons. The van der Waals surface area contributed by atoms with E-state index in [4.69, 9.17) is 4.74 Å². The number of aromatic amines is 1. The first-order valence-corrected chi connectivity index (χ1v) is 9.06. The number of fused-ring (bicyclic) bond motifs is 1. The van der Waals surface area contributed by atoms with Gasteiger partial charge in [-0.25, -0.2) is 0 Å². The summed E-state index contributed by atoms with van der Waals surface area (Å²) in [4.78, 5) is 15.3. The number of benzene rings is 2. The van der Waals surface area contributed by atoms with E-state index in [0.717, 1.165) is 23.1 Å². The van der Waals surface area contributed by atoms with Gasteiger partial charge in [-0.1, -0.05) is 37.5 Å². The van der Waals surface area contributed by atoms with Crippen LogP contribution in [0.15, 0.2) is 42.5 Å². The number of carbonyl (C=O) groups excluding carboxylic acids is 1. The highest BCUT2D eigenvalue weighted by molar-refractivity contribution is 5.96. The van der Waals surface area contributed by atoms with E-state index in [9.17, 15) is 4.79 Å². The monoisotopic (exact) mass is 333 g/mol. The van der Waals surface area contributed by atoms with E-state index >= 15 is 0 Å². The van der Waals surface area contributed by atoms with Crippen molar-refractivity contribution in [3.63, 3.8) is 0 Å². The molecule has 0 atom stereocenters. The molecular weight excluding hydrogens is 310 g/mol. The van der Waals surface area contributed by atoms with Crippen molar-refractivity contribution in [1.82, 2.24) is 4.98 Å². The summed E-state index contributed by atoms with van der Waals surface area (Å²) in [7, 11) is 1.62. The lowest BCUT2D eigenvalue weighted by Gasteiger charge is -2.23. The molecule has 3 aromatic rings. The van der Waals surface area contributed by atoms with E-state index in [1.807, 2.05) is 18.2 Å². The smallest absolute Gasteiger partial charge is 0.150 e. The minimum absolute atomic E-state index is 0.557. The number of carbonyl (C=O) groups is 1. The van der Waals surface area contributed by atoms with E-state index in [1.165, 1.54) is 43.1 Å². The maximum absolute atomic E-state index is 11.7. The number of rotatable bonds is 4. The Morgan fingerprint density at radius 3 is 2.64 bits per heavy atom. The second-order valence-corrected chi connectivity index (χ2v) is 6.87. The van der Waals surface area contributed by atoms with Crippen molar-refractivity contribution in [3.05, 3.63) is 53.6 Å². The molecule has 1 heterocycles. The van der Waals surface area contributed by atoms with Crippen LogP contribution in [0.3, 0.4) is 0 Å². The van der Waals surface area contributed by atoms with Crippen LogP contribution in [0, 0.1) is 0 Å². The van der Waals surface area contributed by atoms with Crippen molar-refractivity contribution in [2.75, 3.05) is 7.11 Å². The lowest BCUT2D eigenvalue weighted by atomic mass is 9.81. The summed E-state index contributed by atoms with van der Waals surface area (Å²) in [5.41, 5.74) is 5.25. The molecule has 3 nitrogen and oxygen atoms in total. The van der Waals surface area contributed by atoms with Crippen LogP contribution in [0.5, 0.6) is 5.75 Å². The van der Waals surface area contributed by atoms with Gasteiger partial charge in [-0.05, 0) is 48.6 Å². The molecule has 0 aliphatic heterocycles. The van der Waals surface area contributed by atoms with Crippen LogP contribution in [-0.2, 0) is 0 Å². The molecule has 1 aromatic heterocycles. The second-order valence-electron chi connectivity index (χ2n) is 6.87. The van der Waals surface area contributed by atoms with Crippen molar-refractivity contribution in [2.45, 2.75) is 38.0 Å². The van der Waals surface area contributed by atoms with Crippen molar-refractivity contribution in [2.24, 2.45) is 0 Å². The number of hydrogen-bond acceptors (Lipinski definition) is 2. The zero-order chi connectivity index (χ0) is 17.2. The first-order valence-electron chi connectivity index (χ1n) is 9.06. The van der Waals surface area contributed by atoms with Gasteiger partial charge in [-0.2, -0.15) is 0 Å². The van der Waals surface area contributed by atoms with Crippen molar-refractivity contribution < 1.29 is 9.53 Å². The number of aldehydes is 1. The average Bonchev–Trinajstić information content (AvgIpc) is 3.07. The molecule has 0 bridgehead atoms. The topological polar surface area (TPSA) is 42.1 Å². The first kappa shape index (κ1) is 15.9. The Balaban J connectivity index is 1.93. The van der Waals surface area contributed by atoms with Crippen LogP contribution >= 0.6 is 0 Å². The third-order valence-corrected chi connectivity index (χ3v) is 5.41. The fourth-order valence-corrected chi connectivity index (χ4v) is 4.18. The summed E-state index contributed by atoms with van der Waals surface area (Å²) < 4.78 is 5.28. The van der Waals surface area contributed by atoms with E-state index in [0.29, 0.717) is 17.2 Å². The van der Waals surface area contributed by atoms with Crippen LogP contribution in [0.1, 0.15) is 53.9 Å². The standard InChI is InChI=1S/C22H23NO2/c1-25-17-11-12-18(16(13-17)14-24)22-21(15-7-3-2-4-8-15)19-9-5-6-10-20(19)23-22/h5-6,9-15,23H,2-4,7-8H2,1H3. The first-order chi connectivity index (χ1) is 12.3. The predicted octanol–water partition coefficient (Wildman–Crippen LogP) is 5.70. The molecule has 1 fully saturated rings. The Morgan fingerprint density at radius 2 is 1.88 bits per heavy atom. The Morgan fingerprint density at radius 1 is 1.08 bits per heavy atom. The van der Waals surface area contributed by atoms with Crippen LogP contribution in [0.4, 0.5) is 0 Å². The minimum Gasteiger partial charge on any atom is -0.497 e. The second kappa shape index (κ2) is 6.75. The van der Waals surface area contributed by atoms with Crippen molar-refractivity contribution in [1.29, 1.82) is 0 Å². The highest BCUT2D eigenvalue weighted by Crippen LogP contribution is 2.43. The number of H-pyrrole nitrogens is 1. The molecule has 0 spiro atoms. The van der Waals surface area contributed by atoms with Gasteiger partial charge in [0.25, 0.3) is 0 Å². The largest absolute Gasteiger partial charge is 0.497 e. The Hall–Kier alpha value is -2.55. The SMILES string of the molecule is COc1ccc(-c2[nH]c3ccccc3c2C2CCCCC2)c(C=O)c1. The van der Waals surface area contributed by atoms with Gasteiger partial charge in [0.05, 0.1) is 12.8 Å². The van der Waals surface area contributed by atoms with Gasteiger partial charge in [0.2, 0.25) is 0 Å². The molecule has 1 N–H and O–H groups in total. The van der Waals surface area contributed by atoms with Gasteiger partial charge in [-0.3, -0.25) is 4.79 Å². The fraction of sp³-hybridized carbons (Fsp3) is 0.318. The van der Waals surface area contributed by atoms with Crippen LogP contribution in [0.2, 0.25) is 0 Å². The fourth-order valence-electron chi connectivity index (χ4n) is 4.18. The highest BCUT2D eigenvalue weighted by atomic mass is 16.5. The molecule has 2 aromatic carbocycles. The van der Waals surface area contributed by atoms with Crippen molar-refractivity contribution in [3.8, 4) is 17.0 Å². The van der Waals surface area contributed by atoms with Crippen molar-refractivity contribution >= 4 is 17.2 Å². The summed E-state index contributed by atoms with van der Waals surface area (Å²) >= 11 is 0. The van der Waals surface area contributed by atoms with Crippen LogP contribution in [0.25, 0.3) is 22.2 Å². The molecule has 0 saturated heterocycles. The van der Waals surface area contributed by atoms with Gasteiger partial charge in [0.15, 0.2) is 6.29 Å². The number of methoxy groups -OCH3 is 1. The maximum Gasteiger partial charge on any atom is 0.150 e. The van der Waals surface area contributed by atoms with Gasteiger partial charge in [0.1, 0.15) is 5.75 Å². The molecule has 0 amide bonds. The Bertz CT molecular complexity index is 904. The maximum atomic E-state index is 11.7. The van der Waals surface area contributed by atoms with Crippen LogP contribution in [-0.4, -0.2) is 18.4 Å². The number of nitrogens with one attached hydrogen (secondary N) is 1. The van der Waals surface area contributed by atoms with E-state index in [1.54, 1.807) is 7.11 Å². The third-order valence-electron chi connectivity index (χ3n) is 5.41. The van der Waals surface area contributed by atoms with Gasteiger partial charge in [-0.15, -0.1) is 0 Å². The van der Waals surface area contributed by atoms with E-state index in [2.05, 4.69) is 29.2 Å². The summed E-state index contributed by atoms with van der Waals surface area (Å²) in [6.45, 7) is 0. The lowest BCUT2D eigenvalue weighted by molar-refractivity contribution is 0.112. The third kappa shape index (κ3) is 2.84. The van der Waals surface area contributed by atoms with Gasteiger partial charge < -0.3 is 9.72 Å². The normalized spacial score (nSPS) is 15.4. The molecule has 128 valence electrons. The lowest BCUT2D eigenvalue weighted by Crippen LogP contribution is -2.06. The van der Waals surface area contributed by atoms with Crippen LogP contribution < -0.4 is 4.74 Å². The molecule has 1 aliphatic rings.